The summed E-state index contributed by atoms with van der Waals surface area (Å²) in [5.41, 5.74) is 38.8. The highest BCUT2D eigenvalue weighted by atomic mass is 16.3. The lowest BCUT2D eigenvalue weighted by Crippen LogP contribution is -2.15. The first kappa shape index (κ1) is 82.7. The van der Waals surface area contributed by atoms with Crippen molar-refractivity contribution in [3.05, 3.63) is 484 Å². The summed E-state index contributed by atoms with van der Waals surface area (Å²) in [7, 11) is 0. The van der Waals surface area contributed by atoms with Crippen molar-refractivity contribution in [2.75, 3.05) is 0 Å². The molecule has 142 heavy (non-hydrogen) atoms. The highest BCUT2D eigenvalue weighted by Crippen LogP contribution is 2.52. The average molecular weight is 1820 g/mol. The first-order valence-electron chi connectivity index (χ1n) is 48.2. The Morgan fingerprint density at radius 2 is 0.542 bits per heavy atom. The summed E-state index contributed by atoms with van der Waals surface area (Å²) in [5.74, 6) is 1.92. The van der Waals surface area contributed by atoms with Crippen molar-refractivity contribution < 1.29 is 13.3 Å². The van der Waals surface area contributed by atoms with Crippen molar-refractivity contribution in [3.63, 3.8) is 0 Å². The maximum absolute atomic E-state index is 6.11. The Labute approximate surface area is 817 Å². The maximum Gasteiger partial charge on any atom is 0.164 e. The third-order valence-electron chi connectivity index (χ3n) is 28.6. The number of aromatic nitrogens is 8. The zero-order chi connectivity index (χ0) is 94.2. The van der Waals surface area contributed by atoms with Crippen LogP contribution < -0.4 is 0 Å². The normalized spacial score (nSPS) is 12.2. The molecule has 29 rings (SSSR count). The molecule has 1 aliphatic carbocycles. The summed E-state index contributed by atoms with van der Waals surface area (Å²) in [5, 5.41) is 14.2. The van der Waals surface area contributed by atoms with E-state index >= 15 is 0 Å². The Morgan fingerprint density at radius 1 is 0.197 bits per heavy atom. The maximum atomic E-state index is 6.11. The molecule has 0 spiro atoms. The van der Waals surface area contributed by atoms with Crippen molar-refractivity contribution in [1.29, 1.82) is 0 Å². The van der Waals surface area contributed by atoms with E-state index in [4.69, 9.17) is 33.2 Å². The van der Waals surface area contributed by atoms with Crippen LogP contribution in [-0.4, -0.2) is 38.6 Å². The van der Waals surface area contributed by atoms with E-state index in [2.05, 4.69) is 391 Å². The molecule has 0 fully saturated rings. The van der Waals surface area contributed by atoms with Crippen LogP contribution in [-0.2, 0) is 5.41 Å². The second kappa shape index (κ2) is 33.6. The Bertz CT molecular complexity index is 9870. The molecule has 0 aliphatic heterocycles. The summed E-state index contributed by atoms with van der Waals surface area (Å²) < 4.78 is 25.4. The summed E-state index contributed by atoms with van der Waals surface area (Å²) in [6.07, 6.45) is 3.77. The van der Waals surface area contributed by atoms with Gasteiger partial charge >= 0.3 is 0 Å². The van der Waals surface area contributed by atoms with Crippen LogP contribution in [0.1, 0.15) is 30.5 Å². The minimum Gasteiger partial charge on any atom is -0.456 e. The Kier molecular flexibility index (Phi) is 19.6. The summed E-state index contributed by atoms with van der Waals surface area (Å²) in [6, 6.07) is 161. The van der Waals surface area contributed by atoms with Crippen molar-refractivity contribution >= 4 is 131 Å². The molecular weight excluding hydrogens is 1730 g/mol. The van der Waals surface area contributed by atoms with Gasteiger partial charge in [-0.15, -0.1) is 0 Å². The van der Waals surface area contributed by atoms with Crippen LogP contribution in [0.15, 0.2) is 481 Å². The second-order valence-corrected chi connectivity index (χ2v) is 37.4. The number of aryl methyl sites for hydroxylation is 1. The molecule has 0 unspecified atom stereocenters. The molecule has 0 N–H and O–H groups in total. The van der Waals surface area contributed by atoms with Gasteiger partial charge in [-0.2, -0.15) is 0 Å². The van der Waals surface area contributed by atoms with Gasteiger partial charge in [0.1, 0.15) is 33.5 Å². The van der Waals surface area contributed by atoms with E-state index in [1.165, 1.54) is 121 Å². The number of hydrogen-bond donors (Lipinski definition) is 0. The van der Waals surface area contributed by atoms with Gasteiger partial charge in [-0.1, -0.05) is 298 Å². The molecule has 668 valence electrons. The largest absolute Gasteiger partial charge is 0.456 e. The fourth-order valence-electron chi connectivity index (χ4n) is 21.7. The van der Waals surface area contributed by atoms with Gasteiger partial charge in [0.15, 0.2) is 17.5 Å². The number of pyridine rings is 2. The minimum atomic E-state index is -0.146. The van der Waals surface area contributed by atoms with Gasteiger partial charge in [0.25, 0.3) is 0 Å². The molecule has 19 aromatic carbocycles. The van der Waals surface area contributed by atoms with Crippen molar-refractivity contribution in [1.82, 2.24) is 38.6 Å². The van der Waals surface area contributed by atoms with Gasteiger partial charge in [0.2, 0.25) is 0 Å². The fourth-order valence-corrected chi connectivity index (χ4v) is 21.7. The highest BCUT2D eigenvalue weighted by Gasteiger charge is 2.37. The number of para-hydroxylation sites is 6. The number of hydrogen-bond acceptors (Lipinski definition) is 8. The van der Waals surface area contributed by atoms with Crippen molar-refractivity contribution in [2.24, 2.45) is 0 Å². The molecule has 0 bridgehead atoms. The topological polar surface area (TPSA) is 119 Å². The monoisotopic (exact) mass is 1820 g/mol. The van der Waals surface area contributed by atoms with Crippen molar-refractivity contribution in [3.8, 4) is 129 Å². The van der Waals surface area contributed by atoms with Crippen molar-refractivity contribution in [2.45, 2.75) is 26.2 Å². The first-order chi connectivity index (χ1) is 70.0. The minimum absolute atomic E-state index is 0.146. The van der Waals surface area contributed by atoms with Gasteiger partial charge in [-0.05, 0) is 250 Å². The third-order valence-corrected chi connectivity index (χ3v) is 28.6. The number of nitrogens with zero attached hydrogens (tertiary/aromatic N) is 8. The van der Waals surface area contributed by atoms with E-state index in [0.29, 0.717) is 17.5 Å². The summed E-state index contributed by atoms with van der Waals surface area (Å²) in [4.78, 5) is 24.2. The van der Waals surface area contributed by atoms with E-state index in [9.17, 15) is 0 Å². The van der Waals surface area contributed by atoms with Gasteiger partial charge < -0.3 is 27.0 Å². The lowest BCUT2D eigenvalue weighted by Gasteiger charge is -2.23. The molecular formula is C131H86N8O3. The standard InChI is InChI=1S/C45H28N4O.C44H30N2O.C42H28N2O/c1-3-12-29(13-4-1)43-46-44(30-14-5-2-6-15-30)48-45(47-43)33-16-11-17-34(26-33)49-39-20-9-7-18-35(39)37-27-31(22-24-40(37)49)32-23-25-42-38(28-32)36-19-8-10-21-41(36)50-42;1-44(2)37-25-29(39-11-7-8-22-45-39)14-18-31(37)32-19-17-30(26-38(32)44)46-40-12-5-3-9-33(40)35-23-27(15-20-41(35)46)28-16-21-43-36(24-28)34-10-4-6-13-42(34)47-43;1-27-7-6-8-29(23-27)32-21-22-43-38(26-32)28-13-17-33(18-14-28)44-39-11-4-2-9-34(39)36-24-30(15-19-40(36)44)31-16-20-42-37(25-31)35-10-3-5-12-41(35)45-42/h1-28H;3-26H,1-2H3;2-26H,1H3. The van der Waals surface area contributed by atoms with E-state index in [0.717, 1.165) is 139 Å². The lowest BCUT2D eigenvalue weighted by atomic mass is 9.81. The molecule has 11 nitrogen and oxygen atoms in total. The number of fused-ring (bicyclic) bond motifs is 21. The molecule has 0 saturated heterocycles. The average Bonchev–Trinajstić information content (AvgIpc) is 1.55. The lowest BCUT2D eigenvalue weighted by molar-refractivity contribution is 0.660. The summed E-state index contributed by atoms with van der Waals surface area (Å²) >= 11 is 0. The fraction of sp³-hybridized carbons (Fsp3) is 0.0305. The van der Waals surface area contributed by atoms with Crippen LogP contribution in [0.2, 0.25) is 0 Å². The predicted molar refractivity (Wildman–Crippen MR) is 584 cm³/mol. The quantitative estimate of drug-likeness (QED) is 0.119. The van der Waals surface area contributed by atoms with E-state index in [1.54, 1.807) is 0 Å². The molecule has 0 radical (unpaired) electrons. The molecule has 11 heteroatoms. The highest BCUT2D eigenvalue weighted by molar-refractivity contribution is 6.16. The van der Waals surface area contributed by atoms with Crippen LogP contribution >= 0.6 is 0 Å². The van der Waals surface area contributed by atoms with Crippen LogP contribution in [0, 0.1) is 6.92 Å². The predicted octanol–water partition coefficient (Wildman–Crippen LogP) is 34.6. The molecule has 0 atom stereocenters. The van der Waals surface area contributed by atoms with Crippen LogP contribution in [0.5, 0.6) is 0 Å². The Morgan fingerprint density at radius 3 is 1.03 bits per heavy atom. The number of benzene rings is 19. The Balaban J connectivity index is 0.000000107. The SMILES string of the molecule is CC1(C)c2cc(-c3ccccn3)ccc2-c2ccc(-n3c4ccccc4c4cc(-c5ccc6oc7ccccc7c6c5)ccc43)cc21.Cc1cccc(-c2ccnc(-c3ccc(-n4c5ccccc5c5cc(-c6ccc7oc8ccccc8c7c6)ccc54)cc3)c2)c1.c1ccc(-c2nc(-c3ccccc3)nc(-c3cccc(-n4c5ccccc5c5cc(-c6ccc7oc8ccccc8c7c6)ccc54)c3)n2)cc1. The number of furan rings is 3. The molecule has 28 aromatic rings. The molecule has 0 saturated carbocycles. The van der Waals surface area contributed by atoms with Gasteiger partial charge in [-0.3, -0.25) is 9.97 Å². The van der Waals surface area contributed by atoms with E-state index in [1.807, 2.05) is 116 Å². The molecule has 9 aromatic heterocycles. The van der Waals surface area contributed by atoms with E-state index in [-0.39, 0.29) is 5.41 Å². The third kappa shape index (κ3) is 14.2. The van der Waals surface area contributed by atoms with Crippen LogP contribution in [0.3, 0.4) is 0 Å². The van der Waals surface area contributed by atoms with Gasteiger partial charge in [0, 0.05) is 127 Å². The van der Waals surface area contributed by atoms with Crippen LogP contribution in [0.25, 0.3) is 261 Å². The molecule has 9 heterocycles. The van der Waals surface area contributed by atoms with E-state index < -0.39 is 0 Å². The second-order valence-electron chi connectivity index (χ2n) is 37.4. The molecule has 0 amide bonds. The van der Waals surface area contributed by atoms with Crippen LogP contribution in [0.4, 0.5) is 0 Å². The number of rotatable bonds is 12. The first-order valence-corrected chi connectivity index (χ1v) is 48.2. The Hall–Kier alpha value is -18.7. The molecule has 1 aliphatic rings. The zero-order valence-electron chi connectivity index (χ0n) is 77.8. The smallest absolute Gasteiger partial charge is 0.164 e. The zero-order valence-corrected chi connectivity index (χ0v) is 77.8. The van der Waals surface area contributed by atoms with Gasteiger partial charge in [-0.25, -0.2) is 15.0 Å². The van der Waals surface area contributed by atoms with Gasteiger partial charge in [0.05, 0.1) is 44.5 Å². The summed E-state index contributed by atoms with van der Waals surface area (Å²) in [6.45, 7) is 6.82.